The molecule has 1 aliphatic heterocycles. The first kappa shape index (κ1) is 12.6. The predicted molar refractivity (Wildman–Crippen MR) is 71.4 cm³/mol. The molecule has 2 heterocycles. The zero-order chi connectivity index (χ0) is 12.3. The van der Waals surface area contributed by atoms with Gasteiger partial charge in [-0.3, -0.25) is 4.79 Å². The molecule has 0 bridgehead atoms. The molecule has 1 amide bonds. The van der Waals surface area contributed by atoms with Crippen molar-refractivity contribution in [3.05, 3.63) is 22.4 Å². The molecule has 1 N–H and O–H groups in total. The molecule has 0 radical (unpaired) electrons. The van der Waals surface area contributed by atoms with Gasteiger partial charge in [0.2, 0.25) is 5.91 Å². The number of amidine groups is 1. The number of amides is 1. The summed E-state index contributed by atoms with van der Waals surface area (Å²) in [6.07, 6.45) is -0.508. The lowest BCUT2D eigenvalue weighted by Crippen LogP contribution is -2.29. The average Bonchev–Trinajstić information content (AvgIpc) is 2.89. The van der Waals surface area contributed by atoms with E-state index in [1.807, 2.05) is 22.4 Å². The lowest BCUT2D eigenvalue weighted by Gasteiger charge is -2.20. The van der Waals surface area contributed by atoms with E-state index in [2.05, 4.69) is 4.99 Å². The van der Waals surface area contributed by atoms with Gasteiger partial charge in [0.25, 0.3) is 0 Å². The van der Waals surface area contributed by atoms with Gasteiger partial charge in [-0.1, -0.05) is 17.8 Å². The first-order valence-corrected chi connectivity index (χ1v) is 7.22. The van der Waals surface area contributed by atoms with Crippen molar-refractivity contribution >= 4 is 34.2 Å². The molecule has 1 aliphatic rings. The highest BCUT2D eigenvalue weighted by Gasteiger charge is 2.23. The molecule has 6 heteroatoms. The minimum absolute atomic E-state index is 0.190. The molecule has 1 aromatic rings. The van der Waals surface area contributed by atoms with E-state index in [0.717, 1.165) is 22.3 Å². The Labute approximate surface area is 108 Å². The van der Waals surface area contributed by atoms with Crippen LogP contribution < -0.4 is 0 Å². The molecule has 92 valence electrons. The highest BCUT2D eigenvalue weighted by atomic mass is 32.2. The van der Waals surface area contributed by atoms with Crippen LogP contribution in [0.25, 0.3) is 0 Å². The van der Waals surface area contributed by atoms with Crippen LogP contribution in [-0.2, 0) is 4.79 Å². The number of hydrogen-bond acceptors (Lipinski definition) is 4. The Morgan fingerprint density at radius 2 is 2.53 bits per heavy atom. The fourth-order valence-corrected chi connectivity index (χ4v) is 3.36. The zero-order valence-corrected chi connectivity index (χ0v) is 11.1. The number of rotatable bonds is 3. The summed E-state index contributed by atoms with van der Waals surface area (Å²) >= 11 is 3.10. The fraction of sp³-hybridized carbons (Fsp3) is 0.455. The maximum absolute atomic E-state index is 11.0. The van der Waals surface area contributed by atoms with E-state index in [1.165, 1.54) is 18.3 Å². The number of thioether (sulfide) groups is 1. The van der Waals surface area contributed by atoms with Crippen LogP contribution in [-0.4, -0.2) is 39.9 Å². The Bertz CT molecular complexity index is 417. The molecule has 1 unspecified atom stereocenters. The van der Waals surface area contributed by atoms with Gasteiger partial charge in [-0.05, 0) is 11.4 Å². The summed E-state index contributed by atoms with van der Waals surface area (Å²) in [6.45, 7) is 2.78. The average molecular weight is 270 g/mol. The Morgan fingerprint density at radius 3 is 3.18 bits per heavy atom. The van der Waals surface area contributed by atoms with Crippen LogP contribution in [0.4, 0.5) is 0 Å². The van der Waals surface area contributed by atoms with Gasteiger partial charge in [-0.15, -0.1) is 11.3 Å². The number of carbonyl (C=O) groups is 1. The minimum atomic E-state index is -0.508. The largest absolute Gasteiger partial charge is 0.386 e. The van der Waals surface area contributed by atoms with Crippen LogP contribution in [0, 0.1) is 0 Å². The maximum Gasteiger partial charge on any atom is 0.244 e. The summed E-state index contributed by atoms with van der Waals surface area (Å²) in [5.74, 6) is 0.730. The van der Waals surface area contributed by atoms with E-state index in [4.69, 9.17) is 0 Å². The summed E-state index contributed by atoms with van der Waals surface area (Å²) < 4.78 is 0. The predicted octanol–water partition coefficient (Wildman–Crippen LogP) is 1.73. The number of aliphatic hydroxyl groups is 1. The number of aliphatic hydroxyl groups excluding tert-OH is 1. The van der Waals surface area contributed by atoms with Crippen LogP contribution in [0.2, 0.25) is 0 Å². The molecule has 1 atom stereocenters. The van der Waals surface area contributed by atoms with Gasteiger partial charge in [0.15, 0.2) is 5.17 Å². The van der Waals surface area contributed by atoms with Crippen LogP contribution in [0.3, 0.4) is 0 Å². The summed E-state index contributed by atoms with van der Waals surface area (Å²) in [7, 11) is 0. The molecule has 0 aliphatic carbocycles. The van der Waals surface area contributed by atoms with Gasteiger partial charge in [0, 0.05) is 24.1 Å². The van der Waals surface area contributed by atoms with Gasteiger partial charge >= 0.3 is 0 Å². The molecule has 0 saturated carbocycles. The molecule has 2 rings (SSSR count). The van der Waals surface area contributed by atoms with E-state index in [9.17, 15) is 9.90 Å². The second kappa shape index (κ2) is 5.66. The monoisotopic (exact) mass is 270 g/mol. The van der Waals surface area contributed by atoms with Crippen molar-refractivity contribution in [2.24, 2.45) is 4.99 Å². The second-order valence-corrected chi connectivity index (χ2v) is 5.78. The van der Waals surface area contributed by atoms with E-state index >= 15 is 0 Å². The molecule has 1 aromatic heterocycles. The summed E-state index contributed by atoms with van der Waals surface area (Å²) in [4.78, 5) is 17.8. The highest BCUT2D eigenvalue weighted by Crippen LogP contribution is 2.24. The van der Waals surface area contributed by atoms with Crippen LogP contribution in [0.5, 0.6) is 0 Å². The van der Waals surface area contributed by atoms with Gasteiger partial charge in [0.05, 0.1) is 6.54 Å². The number of thiophene rings is 1. The van der Waals surface area contributed by atoms with Gasteiger partial charge in [-0.2, -0.15) is 4.99 Å². The number of carbonyl (C=O) groups excluding carboxylic acids is 1. The van der Waals surface area contributed by atoms with Crippen molar-refractivity contribution in [1.29, 1.82) is 0 Å². The third-order valence-electron chi connectivity index (χ3n) is 2.38. The molecule has 1 saturated heterocycles. The summed E-state index contributed by atoms with van der Waals surface area (Å²) in [6, 6.07) is 3.84. The molecular formula is C11H14N2O2S2. The lowest BCUT2D eigenvalue weighted by molar-refractivity contribution is -0.115. The molecule has 4 nitrogen and oxygen atoms in total. The topological polar surface area (TPSA) is 52.9 Å². The van der Waals surface area contributed by atoms with Crippen molar-refractivity contribution < 1.29 is 9.90 Å². The van der Waals surface area contributed by atoms with Crippen LogP contribution in [0.1, 0.15) is 17.9 Å². The third kappa shape index (κ3) is 3.31. The Balaban J connectivity index is 2.01. The number of nitrogens with zero attached hydrogens (tertiary/aromatic N) is 2. The van der Waals surface area contributed by atoms with E-state index < -0.39 is 6.10 Å². The normalized spacial score (nSPS) is 19.9. The maximum atomic E-state index is 11.0. The first-order valence-electron chi connectivity index (χ1n) is 5.35. The quantitative estimate of drug-likeness (QED) is 0.909. The molecule has 0 spiro atoms. The smallest absolute Gasteiger partial charge is 0.244 e. The number of aliphatic imine (C=N–C) groups is 1. The van der Waals surface area contributed by atoms with Crippen molar-refractivity contribution in [3.8, 4) is 0 Å². The SMILES string of the molecule is CC(=O)N=C1SCCN1CC(O)c1cccs1. The number of hydrogen-bond donors (Lipinski definition) is 1. The van der Waals surface area contributed by atoms with Crippen molar-refractivity contribution in [3.63, 3.8) is 0 Å². The van der Waals surface area contributed by atoms with E-state index in [1.54, 1.807) is 11.8 Å². The lowest BCUT2D eigenvalue weighted by atomic mass is 10.3. The zero-order valence-electron chi connectivity index (χ0n) is 9.50. The van der Waals surface area contributed by atoms with E-state index in [-0.39, 0.29) is 5.91 Å². The second-order valence-electron chi connectivity index (χ2n) is 3.74. The molecule has 17 heavy (non-hydrogen) atoms. The summed E-state index contributed by atoms with van der Waals surface area (Å²) in [5.41, 5.74) is 0. The van der Waals surface area contributed by atoms with Crippen molar-refractivity contribution in [2.75, 3.05) is 18.8 Å². The third-order valence-corrected chi connectivity index (χ3v) is 4.35. The molecule has 1 fully saturated rings. The Kier molecular flexibility index (Phi) is 4.20. The minimum Gasteiger partial charge on any atom is -0.386 e. The summed E-state index contributed by atoms with van der Waals surface area (Å²) in [5, 5.41) is 12.7. The fourth-order valence-electron chi connectivity index (χ4n) is 1.62. The van der Waals surface area contributed by atoms with Gasteiger partial charge < -0.3 is 10.0 Å². The highest BCUT2D eigenvalue weighted by molar-refractivity contribution is 8.14. The Morgan fingerprint density at radius 1 is 1.71 bits per heavy atom. The van der Waals surface area contributed by atoms with Gasteiger partial charge in [0.1, 0.15) is 6.10 Å². The molecular weight excluding hydrogens is 256 g/mol. The van der Waals surface area contributed by atoms with Gasteiger partial charge in [-0.25, -0.2) is 0 Å². The standard InChI is InChI=1S/C11H14N2O2S2/c1-8(14)12-11-13(4-6-17-11)7-9(15)10-3-2-5-16-10/h2-3,5,9,15H,4,6-7H2,1H3. The molecule has 0 aromatic carbocycles. The van der Waals surface area contributed by atoms with E-state index in [0.29, 0.717) is 6.54 Å². The van der Waals surface area contributed by atoms with Crippen LogP contribution in [0.15, 0.2) is 22.5 Å². The number of β-amino-alcohol motifs (C(OH)–C–C–N with tert-alkyl or cyclic N) is 1. The van der Waals surface area contributed by atoms with Crippen molar-refractivity contribution in [2.45, 2.75) is 13.0 Å². The first-order chi connectivity index (χ1) is 8.16. The Hall–Kier alpha value is -0.850. The van der Waals surface area contributed by atoms with Crippen molar-refractivity contribution in [1.82, 2.24) is 4.90 Å². The van der Waals surface area contributed by atoms with Crippen LogP contribution >= 0.6 is 23.1 Å².